The van der Waals surface area contributed by atoms with Gasteiger partial charge in [-0.05, 0) is 20.0 Å². The molecule has 0 amide bonds. The second-order valence-corrected chi connectivity index (χ2v) is 7.88. The second-order valence-electron chi connectivity index (χ2n) is 7.88. The predicted octanol–water partition coefficient (Wildman–Crippen LogP) is 5.88. The molecule has 0 aromatic heterocycles. The number of hydrogen-bond donors (Lipinski definition) is 2. The van der Waals surface area contributed by atoms with Crippen molar-refractivity contribution in [1.29, 1.82) is 0 Å². The van der Waals surface area contributed by atoms with Crippen LogP contribution in [-0.2, 0) is 0 Å². The SMILES string of the molecule is CCCCCCCCCCCCCCCCCCN(C)CCC(O)O. The molecule has 0 spiro atoms. The molecule has 3 nitrogen and oxygen atoms in total. The molecule has 0 heterocycles. The summed E-state index contributed by atoms with van der Waals surface area (Å²) in [4.78, 5) is 2.20. The van der Waals surface area contributed by atoms with Gasteiger partial charge in [-0.15, -0.1) is 0 Å². The van der Waals surface area contributed by atoms with Gasteiger partial charge in [0.1, 0.15) is 0 Å². The highest BCUT2D eigenvalue weighted by molar-refractivity contribution is 4.54. The van der Waals surface area contributed by atoms with E-state index in [0.29, 0.717) is 6.42 Å². The minimum absolute atomic E-state index is 0.454. The average Bonchev–Trinajstić information content (AvgIpc) is 2.59. The van der Waals surface area contributed by atoms with Crippen LogP contribution in [0.15, 0.2) is 0 Å². The van der Waals surface area contributed by atoms with Gasteiger partial charge in [-0.25, -0.2) is 0 Å². The van der Waals surface area contributed by atoms with E-state index in [2.05, 4.69) is 18.9 Å². The minimum Gasteiger partial charge on any atom is -0.368 e. The summed E-state index contributed by atoms with van der Waals surface area (Å²) in [5.74, 6) is 0. The lowest BCUT2D eigenvalue weighted by Crippen LogP contribution is -2.24. The summed E-state index contributed by atoms with van der Waals surface area (Å²) in [6.07, 6.45) is 21.8. The van der Waals surface area contributed by atoms with Gasteiger partial charge in [0.25, 0.3) is 0 Å². The van der Waals surface area contributed by atoms with Gasteiger partial charge >= 0.3 is 0 Å². The Hall–Kier alpha value is -0.120. The lowest BCUT2D eigenvalue weighted by molar-refractivity contribution is -0.0493. The first-order valence-electron chi connectivity index (χ1n) is 11.2. The first-order chi connectivity index (χ1) is 12.2. The summed E-state index contributed by atoms with van der Waals surface area (Å²) >= 11 is 0. The Morgan fingerprint density at radius 1 is 0.560 bits per heavy atom. The predicted molar refractivity (Wildman–Crippen MR) is 110 cm³/mol. The van der Waals surface area contributed by atoms with Crippen LogP contribution in [0.2, 0.25) is 0 Å². The van der Waals surface area contributed by atoms with Crippen molar-refractivity contribution in [2.45, 2.75) is 122 Å². The van der Waals surface area contributed by atoms with Crippen LogP contribution in [0.5, 0.6) is 0 Å². The molecule has 0 aliphatic carbocycles. The van der Waals surface area contributed by atoms with Gasteiger partial charge in [-0.3, -0.25) is 0 Å². The maximum absolute atomic E-state index is 8.84. The highest BCUT2D eigenvalue weighted by atomic mass is 16.5. The molecule has 0 unspecified atom stereocenters. The Morgan fingerprint density at radius 3 is 1.28 bits per heavy atom. The summed E-state index contributed by atoms with van der Waals surface area (Å²) in [6.45, 7) is 4.13. The Kier molecular flexibility index (Phi) is 20.1. The van der Waals surface area contributed by atoms with Crippen molar-refractivity contribution in [3.63, 3.8) is 0 Å². The van der Waals surface area contributed by atoms with Crippen molar-refractivity contribution >= 4 is 0 Å². The molecule has 2 N–H and O–H groups in total. The third-order valence-electron chi connectivity index (χ3n) is 5.16. The zero-order chi connectivity index (χ0) is 18.6. The molecule has 0 bridgehead atoms. The number of hydrogen-bond acceptors (Lipinski definition) is 3. The molecule has 0 aliphatic rings. The van der Waals surface area contributed by atoms with E-state index in [-0.39, 0.29) is 0 Å². The van der Waals surface area contributed by atoms with E-state index in [4.69, 9.17) is 10.2 Å². The van der Waals surface area contributed by atoms with Crippen LogP contribution in [0.25, 0.3) is 0 Å². The molecule has 0 fully saturated rings. The molecular formula is C22H47NO2. The highest BCUT2D eigenvalue weighted by Crippen LogP contribution is 2.13. The van der Waals surface area contributed by atoms with E-state index in [1.807, 2.05) is 0 Å². The van der Waals surface area contributed by atoms with Gasteiger partial charge in [0.15, 0.2) is 6.29 Å². The van der Waals surface area contributed by atoms with Crippen LogP contribution in [0.3, 0.4) is 0 Å². The first kappa shape index (κ1) is 24.9. The van der Waals surface area contributed by atoms with Gasteiger partial charge in [0.05, 0.1) is 0 Å². The molecule has 0 atom stereocenters. The maximum Gasteiger partial charge on any atom is 0.152 e. The van der Waals surface area contributed by atoms with Crippen LogP contribution in [-0.4, -0.2) is 41.5 Å². The molecule has 0 saturated heterocycles. The zero-order valence-electron chi connectivity index (χ0n) is 17.4. The van der Waals surface area contributed by atoms with Gasteiger partial charge < -0.3 is 15.1 Å². The average molecular weight is 358 g/mol. The molecule has 0 radical (unpaired) electrons. The van der Waals surface area contributed by atoms with E-state index < -0.39 is 6.29 Å². The summed E-state index contributed by atoms with van der Waals surface area (Å²) < 4.78 is 0. The summed E-state index contributed by atoms with van der Waals surface area (Å²) in [5.41, 5.74) is 0. The van der Waals surface area contributed by atoms with Crippen molar-refractivity contribution in [2.24, 2.45) is 0 Å². The van der Waals surface area contributed by atoms with Gasteiger partial charge in [-0.1, -0.05) is 103 Å². The summed E-state index contributed by atoms with van der Waals surface area (Å²) in [7, 11) is 2.06. The van der Waals surface area contributed by atoms with E-state index in [1.54, 1.807) is 0 Å². The van der Waals surface area contributed by atoms with Crippen molar-refractivity contribution in [1.82, 2.24) is 4.90 Å². The Balaban J connectivity index is 3.07. The quantitative estimate of drug-likeness (QED) is 0.211. The van der Waals surface area contributed by atoms with Gasteiger partial charge in [0.2, 0.25) is 0 Å². The number of rotatable bonds is 20. The third kappa shape index (κ3) is 21.8. The van der Waals surface area contributed by atoms with Crippen LogP contribution in [0.4, 0.5) is 0 Å². The minimum atomic E-state index is -1.16. The molecular weight excluding hydrogens is 310 g/mol. The van der Waals surface area contributed by atoms with E-state index >= 15 is 0 Å². The fraction of sp³-hybridized carbons (Fsp3) is 1.00. The monoisotopic (exact) mass is 357 g/mol. The van der Waals surface area contributed by atoms with Gasteiger partial charge in [0, 0.05) is 13.0 Å². The standard InChI is InChI=1S/C22H47NO2/c1-3-4-5-6-7-8-9-10-11-12-13-14-15-16-17-18-20-23(2)21-19-22(24)25/h22,24-25H,3-21H2,1-2H3. The number of aliphatic hydroxyl groups excluding tert-OH is 1. The van der Waals surface area contributed by atoms with Crippen LogP contribution in [0, 0.1) is 0 Å². The molecule has 0 aliphatic heterocycles. The number of unbranched alkanes of at least 4 members (excludes halogenated alkanes) is 15. The molecule has 25 heavy (non-hydrogen) atoms. The second kappa shape index (κ2) is 20.2. The Bertz CT molecular complexity index is 246. The molecule has 0 saturated carbocycles. The van der Waals surface area contributed by atoms with Crippen LogP contribution < -0.4 is 0 Å². The molecule has 0 rings (SSSR count). The number of aliphatic hydroxyl groups is 2. The van der Waals surface area contributed by atoms with Crippen molar-refractivity contribution < 1.29 is 10.2 Å². The molecule has 0 aromatic rings. The lowest BCUT2D eigenvalue weighted by Gasteiger charge is -2.16. The van der Waals surface area contributed by atoms with E-state index in [1.165, 1.54) is 103 Å². The normalized spacial score (nSPS) is 11.8. The fourth-order valence-corrected chi connectivity index (χ4v) is 3.38. The summed E-state index contributed by atoms with van der Waals surface area (Å²) in [6, 6.07) is 0. The fourth-order valence-electron chi connectivity index (χ4n) is 3.38. The molecule has 0 aromatic carbocycles. The van der Waals surface area contributed by atoms with Crippen LogP contribution >= 0.6 is 0 Å². The highest BCUT2D eigenvalue weighted by Gasteiger charge is 2.02. The third-order valence-corrected chi connectivity index (χ3v) is 5.16. The van der Waals surface area contributed by atoms with Crippen molar-refractivity contribution in [3.8, 4) is 0 Å². The van der Waals surface area contributed by atoms with Crippen molar-refractivity contribution in [3.05, 3.63) is 0 Å². The number of nitrogens with zero attached hydrogens (tertiary/aromatic N) is 1. The zero-order valence-corrected chi connectivity index (χ0v) is 17.4. The van der Waals surface area contributed by atoms with Gasteiger partial charge in [-0.2, -0.15) is 0 Å². The molecule has 152 valence electrons. The van der Waals surface area contributed by atoms with E-state index in [0.717, 1.165) is 13.1 Å². The first-order valence-corrected chi connectivity index (χ1v) is 11.2. The maximum atomic E-state index is 8.84. The van der Waals surface area contributed by atoms with Crippen molar-refractivity contribution in [2.75, 3.05) is 20.1 Å². The Morgan fingerprint density at radius 2 is 0.920 bits per heavy atom. The topological polar surface area (TPSA) is 43.7 Å². The largest absolute Gasteiger partial charge is 0.368 e. The van der Waals surface area contributed by atoms with E-state index in [9.17, 15) is 0 Å². The summed E-state index contributed by atoms with van der Waals surface area (Å²) in [5, 5.41) is 17.7. The lowest BCUT2D eigenvalue weighted by atomic mass is 10.0. The smallest absolute Gasteiger partial charge is 0.152 e. The van der Waals surface area contributed by atoms with Crippen LogP contribution in [0.1, 0.15) is 116 Å². The Labute approximate surface area is 158 Å². The molecule has 3 heteroatoms.